The first kappa shape index (κ1) is 16.0. The second-order valence-electron chi connectivity index (χ2n) is 4.75. The zero-order chi connectivity index (χ0) is 15.1. The third-order valence-electron chi connectivity index (χ3n) is 3.31. The summed E-state index contributed by atoms with van der Waals surface area (Å²) in [5, 5.41) is 19.2. The average Bonchev–Trinajstić information content (AvgIpc) is 2.99. The second-order valence-corrected chi connectivity index (χ2v) is 5.66. The lowest BCUT2D eigenvalue weighted by molar-refractivity contribution is -0.00553. The SMILES string of the molecule is O=C(c1csc(C#CCO)c1)N1CCC(OCCO)CC1. The number of carbonyl (C=O) groups is 1. The van der Waals surface area contributed by atoms with Gasteiger partial charge in [0.25, 0.3) is 5.91 Å². The molecule has 2 heterocycles. The van der Waals surface area contributed by atoms with Crippen molar-refractivity contribution in [3.05, 3.63) is 21.9 Å². The molecule has 0 bridgehead atoms. The standard InChI is InChI=1S/C15H19NO4S/c17-7-1-2-14-10-12(11-21-14)15(19)16-5-3-13(4-6-16)20-9-8-18/h10-11,13,17-18H,3-9H2. The van der Waals surface area contributed by atoms with Gasteiger partial charge in [-0.25, -0.2) is 0 Å². The molecule has 0 spiro atoms. The van der Waals surface area contributed by atoms with Crippen molar-refractivity contribution in [2.24, 2.45) is 0 Å². The quantitative estimate of drug-likeness (QED) is 0.804. The van der Waals surface area contributed by atoms with Gasteiger partial charge in [-0.3, -0.25) is 4.79 Å². The van der Waals surface area contributed by atoms with E-state index in [-0.39, 0.29) is 25.2 Å². The first-order valence-electron chi connectivity index (χ1n) is 6.94. The Morgan fingerprint density at radius 1 is 1.43 bits per heavy atom. The van der Waals surface area contributed by atoms with Crippen LogP contribution in [0, 0.1) is 11.8 Å². The maximum atomic E-state index is 12.4. The molecule has 114 valence electrons. The summed E-state index contributed by atoms with van der Waals surface area (Å²) in [5.41, 5.74) is 0.650. The van der Waals surface area contributed by atoms with E-state index < -0.39 is 0 Å². The second kappa shape index (κ2) is 8.15. The number of hydrogen-bond donors (Lipinski definition) is 2. The number of amides is 1. The van der Waals surface area contributed by atoms with Crippen LogP contribution in [0.25, 0.3) is 0 Å². The Morgan fingerprint density at radius 2 is 2.19 bits per heavy atom. The maximum Gasteiger partial charge on any atom is 0.254 e. The molecule has 1 aliphatic heterocycles. The molecule has 6 heteroatoms. The lowest BCUT2D eigenvalue weighted by atomic mass is 10.1. The van der Waals surface area contributed by atoms with Crippen molar-refractivity contribution < 1.29 is 19.7 Å². The topological polar surface area (TPSA) is 70.0 Å². The van der Waals surface area contributed by atoms with Gasteiger partial charge in [0, 0.05) is 18.5 Å². The van der Waals surface area contributed by atoms with Gasteiger partial charge in [-0.05, 0) is 18.9 Å². The number of thiophene rings is 1. The summed E-state index contributed by atoms with van der Waals surface area (Å²) in [6, 6.07) is 1.77. The third-order valence-corrected chi connectivity index (χ3v) is 4.16. The van der Waals surface area contributed by atoms with Crippen LogP contribution in [0.5, 0.6) is 0 Å². The number of hydrogen-bond acceptors (Lipinski definition) is 5. The highest BCUT2D eigenvalue weighted by Crippen LogP contribution is 2.19. The number of nitrogens with zero attached hydrogens (tertiary/aromatic N) is 1. The molecule has 0 aliphatic carbocycles. The largest absolute Gasteiger partial charge is 0.394 e. The van der Waals surface area contributed by atoms with E-state index in [4.69, 9.17) is 14.9 Å². The summed E-state index contributed by atoms with van der Waals surface area (Å²) in [4.78, 5) is 15.0. The lowest BCUT2D eigenvalue weighted by Gasteiger charge is -2.31. The van der Waals surface area contributed by atoms with Crippen LogP contribution in [0.1, 0.15) is 28.1 Å². The van der Waals surface area contributed by atoms with Crippen LogP contribution < -0.4 is 0 Å². The summed E-state index contributed by atoms with van der Waals surface area (Å²) >= 11 is 1.41. The van der Waals surface area contributed by atoms with Gasteiger partial charge in [0.15, 0.2) is 0 Å². The Balaban J connectivity index is 1.88. The van der Waals surface area contributed by atoms with E-state index in [0.29, 0.717) is 25.3 Å². The average molecular weight is 309 g/mol. The van der Waals surface area contributed by atoms with E-state index in [1.54, 1.807) is 11.4 Å². The molecule has 2 rings (SSSR count). The molecule has 1 fully saturated rings. The van der Waals surface area contributed by atoms with Gasteiger partial charge in [-0.1, -0.05) is 11.8 Å². The van der Waals surface area contributed by atoms with Gasteiger partial charge in [-0.2, -0.15) is 0 Å². The molecule has 1 amide bonds. The van der Waals surface area contributed by atoms with E-state index in [2.05, 4.69) is 11.8 Å². The molecule has 1 aliphatic rings. The Labute approximate surface area is 128 Å². The Hall–Kier alpha value is -1.39. The first-order valence-corrected chi connectivity index (χ1v) is 7.82. The molecule has 0 saturated carbocycles. The van der Waals surface area contributed by atoms with Gasteiger partial charge in [0.1, 0.15) is 6.61 Å². The molecule has 0 radical (unpaired) electrons. The van der Waals surface area contributed by atoms with Gasteiger partial charge in [0.2, 0.25) is 0 Å². The zero-order valence-corrected chi connectivity index (χ0v) is 12.6. The molecule has 21 heavy (non-hydrogen) atoms. The highest BCUT2D eigenvalue weighted by atomic mass is 32.1. The maximum absolute atomic E-state index is 12.4. The molecule has 0 unspecified atom stereocenters. The predicted molar refractivity (Wildman–Crippen MR) is 80.2 cm³/mol. The van der Waals surface area contributed by atoms with Gasteiger partial charge in [0.05, 0.1) is 29.8 Å². The fourth-order valence-electron chi connectivity index (χ4n) is 2.27. The summed E-state index contributed by atoms with van der Waals surface area (Å²) in [6.45, 7) is 1.55. The fraction of sp³-hybridized carbons (Fsp3) is 0.533. The Morgan fingerprint density at radius 3 is 2.86 bits per heavy atom. The molecule has 0 atom stereocenters. The van der Waals surface area contributed by atoms with Crippen molar-refractivity contribution in [2.45, 2.75) is 18.9 Å². The lowest BCUT2D eigenvalue weighted by Crippen LogP contribution is -2.41. The molecule has 0 aromatic carbocycles. The molecule has 1 aromatic rings. The van der Waals surface area contributed by atoms with E-state index in [0.717, 1.165) is 17.7 Å². The summed E-state index contributed by atoms with van der Waals surface area (Å²) < 4.78 is 5.49. The molecule has 2 N–H and O–H groups in total. The number of ether oxygens (including phenoxy) is 1. The van der Waals surface area contributed by atoms with Gasteiger partial charge >= 0.3 is 0 Å². The van der Waals surface area contributed by atoms with Crippen molar-refractivity contribution in [1.29, 1.82) is 0 Å². The highest BCUT2D eigenvalue weighted by Gasteiger charge is 2.24. The van der Waals surface area contributed by atoms with Crippen LogP contribution in [-0.2, 0) is 4.74 Å². The highest BCUT2D eigenvalue weighted by molar-refractivity contribution is 7.10. The monoisotopic (exact) mass is 309 g/mol. The first-order chi connectivity index (χ1) is 10.2. The molecule has 5 nitrogen and oxygen atoms in total. The fourth-order valence-corrected chi connectivity index (χ4v) is 3.02. The number of aliphatic hydroxyl groups excluding tert-OH is 2. The van der Waals surface area contributed by atoms with Crippen molar-refractivity contribution in [1.82, 2.24) is 4.90 Å². The van der Waals surface area contributed by atoms with Crippen LogP contribution in [0.15, 0.2) is 11.4 Å². The molecule has 1 aromatic heterocycles. The molecular formula is C15H19NO4S. The van der Waals surface area contributed by atoms with Crippen LogP contribution in [-0.4, -0.2) is 60.0 Å². The van der Waals surface area contributed by atoms with E-state index in [1.165, 1.54) is 11.3 Å². The number of rotatable bonds is 4. The summed E-state index contributed by atoms with van der Waals surface area (Å²) in [6.07, 6.45) is 1.73. The Bertz CT molecular complexity index is 523. The van der Waals surface area contributed by atoms with Crippen molar-refractivity contribution >= 4 is 17.2 Å². The number of piperidine rings is 1. The summed E-state index contributed by atoms with van der Waals surface area (Å²) in [5.74, 6) is 5.40. The minimum Gasteiger partial charge on any atom is -0.394 e. The van der Waals surface area contributed by atoms with Gasteiger partial charge in [-0.15, -0.1) is 11.3 Å². The van der Waals surface area contributed by atoms with Crippen molar-refractivity contribution in [3.63, 3.8) is 0 Å². The molecular weight excluding hydrogens is 290 g/mol. The number of aliphatic hydroxyl groups is 2. The molecule has 1 saturated heterocycles. The normalized spacial score (nSPS) is 15.6. The van der Waals surface area contributed by atoms with E-state index in [9.17, 15) is 4.79 Å². The van der Waals surface area contributed by atoms with Crippen LogP contribution >= 0.6 is 11.3 Å². The van der Waals surface area contributed by atoms with Crippen molar-refractivity contribution in [2.75, 3.05) is 32.9 Å². The van der Waals surface area contributed by atoms with E-state index in [1.807, 2.05) is 4.90 Å². The van der Waals surface area contributed by atoms with Crippen LogP contribution in [0.2, 0.25) is 0 Å². The smallest absolute Gasteiger partial charge is 0.254 e. The summed E-state index contributed by atoms with van der Waals surface area (Å²) in [7, 11) is 0. The minimum atomic E-state index is -0.178. The zero-order valence-electron chi connectivity index (χ0n) is 11.7. The minimum absolute atomic E-state index is 0.0175. The number of likely N-dealkylation sites (tertiary alicyclic amines) is 1. The van der Waals surface area contributed by atoms with Crippen molar-refractivity contribution in [3.8, 4) is 11.8 Å². The van der Waals surface area contributed by atoms with Crippen LogP contribution in [0.4, 0.5) is 0 Å². The van der Waals surface area contributed by atoms with E-state index >= 15 is 0 Å². The van der Waals surface area contributed by atoms with Gasteiger partial charge < -0.3 is 19.8 Å². The third kappa shape index (κ3) is 4.55. The predicted octanol–water partition coefficient (Wildman–Crippen LogP) is 0.705. The van der Waals surface area contributed by atoms with Crippen LogP contribution in [0.3, 0.4) is 0 Å². The Kier molecular flexibility index (Phi) is 6.21. The number of carbonyl (C=O) groups excluding carboxylic acids is 1.